The fourth-order valence-electron chi connectivity index (χ4n) is 2.39. The van der Waals surface area contributed by atoms with Gasteiger partial charge in [-0.3, -0.25) is 9.59 Å². The van der Waals surface area contributed by atoms with Crippen LogP contribution >= 0.6 is 11.6 Å². The number of carbonyl (C=O) groups is 2. The molecule has 0 aliphatic heterocycles. The molecule has 27 heavy (non-hydrogen) atoms. The molecule has 3 rings (SSSR count). The van der Waals surface area contributed by atoms with Crippen molar-refractivity contribution in [3.8, 4) is 0 Å². The average molecular weight is 384 g/mol. The molecule has 1 aromatic heterocycles. The highest BCUT2D eigenvalue weighted by atomic mass is 35.5. The Morgan fingerprint density at radius 2 is 1.81 bits per heavy atom. The minimum Gasteiger partial charge on any atom is -0.341 e. The lowest BCUT2D eigenvalue weighted by atomic mass is 10.2. The molecule has 7 nitrogen and oxygen atoms in total. The molecule has 1 atom stereocenters. The van der Waals surface area contributed by atoms with E-state index in [0.717, 1.165) is 5.56 Å². The quantitative estimate of drug-likeness (QED) is 0.685. The maximum absolute atomic E-state index is 12.3. The Morgan fingerprint density at radius 1 is 1.11 bits per heavy atom. The summed E-state index contributed by atoms with van der Waals surface area (Å²) in [6.45, 7) is 2.23. The van der Waals surface area contributed by atoms with Gasteiger partial charge in [0.05, 0.1) is 6.54 Å². The Labute approximate surface area is 161 Å². The first kappa shape index (κ1) is 18.6. The van der Waals surface area contributed by atoms with E-state index in [0.29, 0.717) is 22.8 Å². The molecule has 0 aliphatic carbocycles. The summed E-state index contributed by atoms with van der Waals surface area (Å²) < 4.78 is 1.71. The first-order valence-electron chi connectivity index (χ1n) is 8.30. The van der Waals surface area contributed by atoms with Gasteiger partial charge in [-0.1, -0.05) is 23.7 Å². The molecule has 0 aliphatic rings. The van der Waals surface area contributed by atoms with Crippen LogP contribution in [0.2, 0.25) is 5.02 Å². The second-order valence-corrected chi connectivity index (χ2v) is 6.42. The van der Waals surface area contributed by atoms with Crippen molar-refractivity contribution < 1.29 is 9.59 Å². The molecule has 1 unspecified atom stereocenters. The molecule has 1 heterocycles. The van der Waals surface area contributed by atoms with Crippen molar-refractivity contribution in [3.05, 3.63) is 77.3 Å². The number of carbonyl (C=O) groups excluding carboxylic acids is 2. The third kappa shape index (κ3) is 5.15. The Balaban J connectivity index is 1.54. The number of halogens is 1. The Bertz CT molecular complexity index is 908. The molecule has 0 bridgehead atoms. The van der Waals surface area contributed by atoms with E-state index in [2.05, 4.69) is 20.7 Å². The van der Waals surface area contributed by atoms with Gasteiger partial charge in [-0.2, -0.15) is 5.10 Å². The number of benzene rings is 2. The van der Waals surface area contributed by atoms with Gasteiger partial charge in [0, 0.05) is 16.3 Å². The van der Waals surface area contributed by atoms with Gasteiger partial charge >= 0.3 is 0 Å². The van der Waals surface area contributed by atoms with E-state index in [1.165, 1.54) is 6.33 Å². The molecule has 0 spiro atoms. The van der Waals surface area contributed by atoms with Crippen molar-refractivity contribution in [2.75, 3.05) is 5.32 Å². The van der Waals surface area contributed by atoms with Crippen LogP contribution in [0.15, 0.2) is 61.2 Å². The molecular weight excluding hydrogens is 366 g/mol. The van der Waals surface area contributed by atoms with E-state index in [-0.39, 0.29) is 11.8 Å². The predicted octanol–water partition coefficient (Wildman–Crippen LogP) is 2.74. The first-order valence-corrected chi connectivity index (χ1v) is 8.68. The van der Waals surface area contributed by atoms with Gasteiger partial charge in [-0.05, 0) is 48.9 Å². The highest BCUT2D eigenvalue weighted by molar-refractivity contribution is 6.30. The summed E-state index contributed by atoms with van der Waals surface area (Å²) in [6, 6.07) is 13.2. The summed E-state index contributed by atoms with van der Waals surface area (Å²) in [5, 5.41) is 10.0. The number of hydrogen-bond donors (Lipinski definition) is 2. The second kappa shape index (κ2) is 8.46. The highest BCUT2D eigenvalue weighted by Gasteiger charge is 2.16. The molecular formula is C19H18ClN5O2. The summed E-state index contributed by atoms with van der Waals surface area (Å²) in [5.74, 6) is -0.640. The lowest BCUT2D eigenvalue weighted by molar-refractivity contribution is -0.117. The molecule has 3 aromatic rings. The minimum atomic E-state index is -0.692. The molecule has 2 N–H and O–H groups in total. The summed E-state index contributed by atoms with van der Waals surface area (Å²) in [6.07, 6.45) is 3.12. The topological polar surface area (TPSA) is 88.9 Å². The smallest absolute Gasteiger partial charge is 0.251 e. The summed E-state index contributed by atoms with van der Waals surface area (Å²) in [7, 11) is 0. The number of rotatable bonds is 6. The van der Waals surface area contributed by atoms with Gasteiger partial charge in [0.15, 0.2) is 0 Å². The SMILES string of the molecule is CC(NC(=O)c1ccc(Cl)cc1)C(=O)Nc1ccc(Cn2cncn2)cc1. The van der Waals surface area contributed by atoms with E-state index in [4.69, 9.17) is 11.6 Å². The van der Waals surface area contributed by atoms with Gasteiger partial charge in [-0.15, -0.1) is 0 Å². The van der Waals surface area contributed by atoms with E-state index in [1.54, 1.807) is 54.3 Å². The Hall–Kier alpha value is -3.19. The number of hydrogen-bond acceptors (Lipinski definition) is 4. The van der Waals surface area contributed by atoms with Crippen molar-refractivity contribution >= 4 is 29.1 Å². The standard InChI is InChI=1S/C19H18ClN5O2/c1-13(23-19(27)15-4-6-16(20)7-5-15)18(26)24-17-8-2-14(3-9-17)10-25-12-21-11-22-25/h2-9,11-13H,10H2,1H3,(H,23,27)(H,24,26). The summed E-state index contributed by atoms with van der Waals surface area (Å²) >= 11 is 5.81. The molecule has 138 valence electrons. The third-order valence-corrected chi connectivity index (χ3v) is 4.13. The molecule has 8 heteroatoms. The Kier molecular flexibility index (Phi) is 5.83. The molecule has 0 saturated carbocycles. The van der Waals surface area contributed by atoms with Gasteiger partial charge < -0.3 is 10.6 Å². The zero-order chi connectivity index (χ0) is 19.2. The number of anilines is 1. The van der Waals surface area contributed by atoms with E-state index in [1.807, 2.05) is 12.1 Å². The number of nitrogens with one attached hydrogen (secondary N) is 2. The summed E-state index contributed by atoms with van der Waals surface area (Å²) in [5.41, 5.74) is 2.12. The van der Waals surface area contributed by atoms with Gasteiger partial charge in [-0.25, -0.2) is 9.67 Å². The van der Waals surface area contributed by atoms with Crippen LogP contribution in [0.4, 0.5) is 5.69 Å². The van der Waals surface area contributed by atoms with Crippen LogP contribution in [0.1, 0.15) is 22.8 Å². The fraction of sp³-hybridized carbons (Fsp3) is 0.158. The van der Waals surface area contributed by atoms with Crippen LogP contribution in [0.3, 0.4) is 0 Å². The zero-order valence-electron chi connectivity index (χ0n) is 14.6. The fourth-order valence-corrected chi connectivity index (χ4v) is 2.52. The van der Waals surface area contributed by atoms with Crippen LogP contribution < -0.4 is 10.6 Å². The van der Waals surface area contributed by atoms with Crippen molar-refractivity contribution in [3.63, 3.8) is 0 Å². The van der Waals surface area contributed by atoms with Gasteiger partial charge in [0.1, 0.15) is 18.7 Å². The number of amides is 2. The first-order chi connectivity index (χ1) is 13.0. The summed E-state index contributed by atoms with van der Waals surface area (Å²) in [4.78, 5) is 28.4. The van der Waals surface area contributed by atoms with Crippen LogP contribution in [0, 0.1) is 0 Å². The number of aromatic nitrogens is 3. The predicted molar refractivity (Wildman–Crippen MR) is 103 cm³/mol. The van der Waals surface area contributed by atoms with Crippen molar-refractivity contribution in [2.45, 2.75) is 19.5 Å². The van der Waals surface area contributed by atoms with E-state index >= 15 is 0 Å². The lowest BCUT2D eigenvalue weighted by Gasteiger charge is -2.14. The molecule has 0 radical (unpaired) electrons. The zero-order valence-corrected chi connectivity index (χ0v) is 15.3. The minimum absolute atomic E-state index is 0.304. The maximum atomic E-state index is 12.3. The largest absolute Gasteiger partial charge is 0.341 e. The van der Waals surface area contributed by atoms with E-state index < -0.39 is 6.04 Å². The Morgan fingerprint density at radius 3 is 2.44 bits per heavy atom. The molecule has 0 saturated heterocycles. The average Bonchev–Trinajstić information content (AvgIpc) is 3.16. The number of nitrogens with zero attached hydrogens (tertiary/aromatic N) is 3. The van der Waals surface area contributed by atoms with Gasteiger partial charge in [0.25, 0.3) is 5.91 Å². The molecule has 0 fully saturated rings. The van der Waals surface area contributed by atoms with Crippen LogP contribution in [0.25, 0.3) is 0 Å². The monoisotopic (exact) mass is 383 g/mol. The maximum Gasteiger partial charge on any atom is 0.251 e. The van der Waals surface area contributed by atoms with Crippen molar-refractivity contribution in [2.24, 2.45) is 0 Å². The molecule has 2 aromatic carbocycles. The third-order valence-electron chi connectivity index (χ3n) is 3.88. The van der Waals surface area contributed by atoms with Crippen molar-refractivity contribution in [1.82, 2.24) is 20.1 Å². The highest BCUT2D eigenvalue weighted by Crippen LogP contribution is 2.12. The van der Waals surface area contributed by atoms with Crippen LogP contribution in [-0.2, 0) is 11.3 Å². The normalized spacial score (nSPS) is 11.6. The van der Waals surface area contributed by atoms with Crippen LogP contribution in [0.5, 0.6) is 0 Å². The van der Waals surface area contributed by atoms with Gasteiger partial charge in [0.2, 0.25) is 5.91 Å². The molecule has 2 amide bonds. The van der Waals surface area contributed by atoms with Crippen LogP contribution in [-0.4, -0.2) is 32.6 Å². The lowest BCUT2D eigenvalue weighted by Crippen LogP contribution is -2.41. The second-order valence-electron chi connectivity index (χ2n) is 5.98. The van der Waals surface area contributed by atoms with E-state index in [9.17, 15) is 9.59 Å². The van der Waals surface area contributed by atoms with Crippen molar-refractivity contribution in [1.29, 1.82) is 0 Å².